The lowest BCUT2D eigenvalue weighted by Crippen LogP contribution is -2.56. The quantitative estimate of drug-likeness (QED) is 0.585. The molecule has 2 saturated heterocycles. The van der Waals surface area contributed by atoms with E-state index in [1.165, 1.54) is 18.5 Å². The first-order valence-corrected chi connectivity index (χ1v) is 11.3. The summed E-state index contributed by atoms with van der Waals surface area (Å²) in [7, 11) is -3.52. The zero-order valence-electron chi connectivity index (χ0n) is 16.3. The first-order valence-electron chi connectivity index (χ1n) is 9.46. The summed E-state index contributed by atoms with van der Waals surface area (Å²) in [6.45, 7) is 1.26. The lowest BCUT2D eigenvalue weighted by molar-refractivity contribution is -0.0132. The fraction of sp³-hybridized carbons (Fsp3) is 0.421. The Bertz CT molecular complexity index is 1050. The van der Waals surface area contributed by atoms with Gasteiger partial charge < -0.3 is 25.5 Å². The Hall–Kier alpha value is -2.63. The standard InChI is InChI=1S/C19H22FN5O4S/c1-30(26,27)14-2-3-17(16(20)6-14)25-18-15(7-21)19(23-10-22-18)29-13-4-11-8-28-9-12(5-13)24-11/h2-3,6-7,10-13,21,24H,4-5,8-9H2,1H3,(H,22,23,25). The molecule has 0 radical (unpaired) electrons. The highest BCUT2D eigenvalue weighted by Crippen LogP contribution is 2.29. The second-order valence-electron chi connectivity index (χ2n) is 7.43. The molecule has 1 aromatic heterocycles. The molecule has 1 aromatic carbocycles. The van der Waals surface area contributed by atoms with Gasteiger partial charge in [0.1, 0.15) is 24.1 Å². The van der Waals surface area contributed by atoms with E-state index >= 15 is 0 Å². The van der Waals surface area contributed by atoms with Gasteiger partial charge in [-0.05, 0) is 18.2 Å². The summed E-state index contributed by atoms with van der Waals surface area (Å²) in [5, 5.41) is 14.1. The van der Waals surface area contributed by atoms with Crippen LogP contribution < -0.4 is 15.4 Å². The molecule has 2 unspecified atom stereocenters. The molecule has 2 bridgehead atoms. The molecular weight excluding hydrogens is 413 g/mol. The minimum Gasteiger partial charge on any atom is -0.474 e. The number of hydrogen-bond acceptors (Lipinski definition) is 9. The average molecular weight is 435 g/mol. The summed E-state index contributed by atoms with van der Waals surface area (Å²) in [6, 6.07) is 3.99. The van der Waals surface area contributed by atoms with Crippen LogP contribution in [-0.4, -0.2) is 62.3 Å². The topological polar surface area (TPSA) is 126 Å². The third-order valence-corrected chi connectivity index (χ3v) is 6.21. The van der Waals surface area contributed by atoms with E-state index < -0.39 is 15.7 Å². The summed E-state index contributed by atoms with van der Waals surface area (Å²) >= 11 is 0. The maximum atomic E-state index is 14.4. The van der Waals surface area contributed by atoms with Crippen molar-refractivity contribution in [2.45, 2.75) is 35.9 Å². The molecule has 0 amide bonds. The number of aromatic nitrogens is 2. The van der Waals surface area contributed by atoms with Crippen molar-refractivity contribution in [2.24, 2.45) is 0 Å². The molecule has 11 heteroatoms. The summed E-state index contributed by atoms with van der Waals surface area (Å²) in [5.74, 6) is -0.318. The van der Waals surface area contributed by atoms with E-state index in [9.17, 15) is 12.8 Å². The number of rotatable bonds is 6. The molecule has 0 spiro atoms. The molecule has 9 nitrogen and oxygen atoms in total. The van der Waals surface area contributed by atoms with E-state index in [2.05, 4.69) is 20.6 Å². The van der Waals surface area contributed by atoms with Crippen LogP contribution in [0.25, 0.3) is 0 Å². The summed E-state index contributed by atoms with van der Waals surface area (Å²) in [5.41, 5.74) is 0.313. The molecule has 0 aliphatic carbocycles. The minimum atomic E-state index is -3.52. The number of benzene rings is 1. The van der Waals surface area contributed by atoms with E-state index in [0.29, 0.717) is 13.2 Å². The van der Waals surface area contributed by atoms with Crippen molar-refractivity contribution < 1.29 is 22.3 Å². The Balaban J connectivity index is 1.56. The van der Waals surface area contributed by atoms with Crippen LogP contribution in [0.2, 0.25) is 0 Å². The van der Waals surface area contributed by atoms with Crippen LogP contribution in [0.5, 0.6) is 5.88 Å². The molecule has 2 aliphatic rings. The SMILES string of the molecule is CS(=O)(=O)c1ccc(Nc2ncnc(OC3CC4COCC(C3)N4)c2C=N)c(F)c1. The fourth-order valence-electron chi connectivity index (χ4n) is 3.70. The molecule has 2 fully saturated rings. The van der Waals surface area contributed by atoms with Crippen LogP contribution >= 0.6 is 0 Å². The molecule has 4 rings (SSSR count). The zero-order valence-corrected chi connectivity index (χ0v) is 17.1. The molecule has 0 saturated carbocycles. The number of nitrogens with zero attached hydrogens (tertiary/aromatic N) is 2. The second-order valence-corrected chi connectivity index (χ2v) is 9.45. The van der Waals surface area contributed by atoms with Crippen LogP contribution in [0, 0.1) is 11.2 Å². The van der Waals surface area contributed by atoms with E-state index in [-0.39, 0.29) is 46.0 Å². The van der Waals surface area contributed by atoms with Gasteiger partial charge in [-0.15, -0.1) is 0 Å². The number of nitrogens with one attached hydrogen (secondary N) is 3. The maximum Gasteiger partial charge on any atom is 0.227 e. The summed E-state index contributed by atoms with van der Waals surface area (Å²) in [6.07, 6.45) is 4.75. The Morgan fingerprint density at radius 2 is 2.03 bits per heavy atom. The van der Waals surface area contributed by atoms with Gasteiger partial charge in [0.15, 0.2) is 9.84 Å². The number of piperidine rings is 1. The number of morpholine rings is 1. The maximum absolute atomic E-state index is 14.4. The van der Waals surface area contributed by atoms with Crippen LogP contribution in [0.1, 0.15) is 18.4 Å². The molecule has 2 aromatic rings. The monoisotopic (exact) mass is 435 g/mol. The largest absolute Gasteiger partial charge is 0.474 e. The van der Waals surface area contributed by atoms with E-state index in [0.717, 1.165) is 31.4 Å². The predicted molar refractivity (Wildman–Crippen MR) is 108 cm³/mol. The van der Waals surface area contributed by atoms with Crippen LogP contribution in [0.3, 0.4) is 0 Å². The number of halogens is 1. The van der Waals surface area contributed by atoms with E-state index in [1.54, 1.807) is 0 Å². The Labute approximate surface area is 173 Å². The van der Waals surface area contributed by atoms with Crippen molar-refractivity contribution in [2.75, 3.05) is 24.8 Å². The van der Waals surface area contributed by atoms with Gasteiger partial charge in [0.25, 0.3) is 0 Å². The predicted octanol–water partition coefficient (Wildman–Crippen LogP) is 1.66. The Morgan fingerprint density at radius 3 is 2.67 bits per heavy atom. The van der Waals surface area contributed by atoms with Gasteiger partial charge in [-0.3, -0.25) is 0 Å². The van der Waals surface area contributed by atoms with Crippen molar-refractivity contribution in [1.82, 2.24) is 15.3 Å². The number of hydrogen-bond donors (Lipinski definition) is 3. The Morgan fingerprint density at radius 1 is 1.30 bits per heavy atom. The van der Waals surface area contributed by atoms with Gasteiger partial charge in [-0.25, -0.2) is 22.8 Å². The molecule has 160 valence electrons. The summed E-state index contributed by atoms with van der Waals surface area (Å²) in [4.78, 5) is 8.14. The van der Waals surface area contributed by atoms with Crippen LogP contribution in [0.15, 0.2) is 29.4 Å². The number of ether oxygens (including phenoxy) is 2. The molecule has 2 aliphatic heterocycles. The molecule has 30 heavy (non-hydrogen) atoms. The molecular formula is C19H22FN5O4S. The molecule has 2 atom stereocenters. The minimum absolute atomic E-state index is 0.0312. The first kappa shape index (κ1) is 20.6. The van der Waals surface area contributed by atoms with Crippen molar-refractivity contribution in [3.05, 3.63) is 35.9 Å². The number of sulfone groups is 1. The fourth-order valence-corrected chi connectivity index (χ4v) is 4.33. The van der Waals surface area contributed by atoms with Crippen LogP contribution in [-0.2, 0) is 14.6 Å². The smallest absolute Gasteiger partial charge is 0.227 e. The van der Waals surface area contributed by atoms with Crippen molar-refractivity contribution in [3.8, 4) is 5.88 Å². The van der Waals surface area contributed by atoms with E-state index in [4.69, 9.17) is 14.9 Å². The van der Waals surface area contributed by atoms with Crippen molar-refractivity contribution >= 4 is 27.6 Å². The summed E-state index contributed by atoms with van der Waals surface area (Å²) < 4.78 is 49.2. The third-order valence-electron chi connectivity index (χ3n) is 5.10. The highest BCUT2D eigenvalue weighted by molar-refractivity contribution is 7.90. The zero-order chi connectivity index (χ0) is 21.3. The van der Waals surface area contributed by atoms with Gasteiger partial charge in [-0.2, -0.15) is 0 Å². The third kappa shape index (κ3) is 4.42. The van der Waals surface area contributed by atoms with Gasteiger partial charge in [0, 0.05) is 37.4 Å². The first-order chi connectivity index (χ1) is 14.3. The van der Waals surface area contributed by atoms with Gasteiger partial charge in [0.05, 0.1) is 29.4 Å². The number of fused-ring (bicyclic) bond motifs is 2. The van der Waals surface area contributed by atoms with Crippen molar-refractivity contribution in [3.63, 3.8) is 0 Å². The van der Waals surface area contributed by atoms with Gasteiger partial charge >= 0.3 is 0 Å². The second kappa shape index (κ2) is 8.25. The number of anilines is 2. The van der Waals surface area contributed by atoms with Crippen molar-refractivity contribution in [1.29, 1.82) is 5.41 Å². The van der Waals surface area contributed by atoms with E-state index in [1.807, 2.05) is 0 Å². The van der Waals surface area contributed by atoms with Gasteiger partial charge in [0.2, 0.25) is 5.88 Å². The Kier molecular flexibility index (Phi) is 5.67. The normalized spacial score (nSPS) is 23.6. The lowest BCUT2D eigenvalue weighted by atomic mass is 9.95. The molecule has 3 N–H and O–H groups in total. The highest BCUT2D eigenvalue weighted by Gasteiger charge is 2.33. The molecule has 3 heterocycles. The van der Waals surface area contributed by atoms with Gasteiger partial charge in [-0.1, -0.05) is 0 Å². The van der Waals surface area contributed by atoms with Crippen LogP contribution in [0.4, 0.5) is 15.9 Å². The highest BCUT2D eigenvalue weighted by atomic mass is 32.2. The average Bonchev–Trinajstić information content (AvgIpc) is 2.69. The lowest BCUT2D eigenvalue weighted by Gasteiger charge is -2.39.